The number of H-pyrrole nitrogens is 1. The molecule has 27 heavy (non-hydrogen) atoms. The summed E-state index contributed by atoms with van der Waals surface area (Å²) in [4.78, 5) is 30.9. The van der Waals surface area contributed by atoms with Crippen LogP contribution in [0.4, 0.5) is 13.6 Å². The fraction of sp³-hybridized carbons (Fsp3) is 0.167. The molecule has 4 N–H and O–H groups in total. The Balaban J connectivity index is 1.38. The number of halogens is 2. The molecule has 3 rings (SSSR count). The van der Waals surface area contributed by atoms with E-state index >= 15 is 0 Å². The fourth-order valence-electron chi connectivity index (χ4n) is 2.42. The first-order valence-electron chi connectivity index (χ1n) is 8.21. The number of nitrogens with one attached hydrogen (secondary N) is 4. The molecule has 9 heteroatoms. The van der Waals surface area contributed by atoms with Crippen molar-refractivity contribution in [1.82, 2.24) is 25.9 Å². The molecule has 2 aromatic heterocycles. The number of aromatic amines is 1. The first-order valence-corrected chi connectivity index (χ1v) is 8.21. The highest BCUT2D eigenvalue weighted by atomic mass is 19.1. The van der Waals surface area contributed by atoms with Crippen molar-refractivity contribution >= 4 is 23.0 Å². The van der Waals surface area contributed by atoms with Gasteiger partial charge in [-0.1, -0.05) is 0 Å². The second kappa shape index (κ2) is 8.26. The number of nitrogens with zero attached hydrogens (tertiary/aromatic N) is 1. The Bertz CT molecular complexity index is 973. The van der Waals surface area contributed by atoms with Gasteiger partial charge in [0.25, 0.3) is 5.91 Å². The molecule has 0 unspecified atom stereocenters. The molecular weight excluding hydrogens is 356 g/mol. The predicted octanol–water partition coefficient (Wildman–Crippen LogP) is 2.07. The van der Waals surface area contributed by atoms with Crippen molar-refractivity contribution in [3.05, 3.63) is 65.5 Å². The second-order valence-electron chi connectivity index (χ2n) is 5.71. The Labute approximate surface area is 153 Å². The zero-order valence-corrected chi connectivity index (χ0v) is 14.2. The summed E-state index contributed by atoms with van der Waals surface area (Å²) in [7, 11) is 0. The van der Waals surface area contributed by atoms with E-state index in [-0.39, 0.29) is 25.2 Å². The van der Waals surface area contributed by atoms with E-state index < -0.39 is 23.6 Å². The molecule has 7 nitrogen and oxygen atoms in total. The van der Waals surface area contributed by atoms with Crippen molar-refractivity contribution in [3.63, 3.8) is 0 Å². The van der Waals surface area contributed by atoms with Crippen LogP contribution in [0.3, 0.4) is 0 Å². The van der Waals surface area contributed by atoms with E-state index in [4.69, 9.17) is 0 Å². The number of urea groups is 1. The third-order valence-corrected chi connectivity index (χ3v) is 3.77. The summed E-state index contributed by atoms with van der Waals surface area (Å²) in [5.41, 5.74) is 1.18. The molecule has 1 aromatic carbocycles. The van der Waals surface area contributed by atoms with E-state index in [2.05, 4.69) is 25.9 Å². The molecule has 0 fully saturated rings. The van der Waals surface area contributed by atoms with Crippen LogP contribution < -0.4 is 16.0 Å². The van der Waals surface area contributed by atoms with Gasteiger partial charge >= 0.3 is 6.03 Å². The van der Waals surface area contributed by atoms with Gasteiger partial charge in [0.15, 0.2) is 0 Å². The average molecular weight is 373 g/mol. The van der Waals surface area contributed by atoms with Crippen LogP contribution >= 0.6 is 0 Å². The number of fused-ring (bicyclic) bond motifs is 1. The van der Waals surface area contributed by atoms with Gasteiger partial charge in [0, 0.05) is 30.7 Å². The van der Waals surface area contributed by atoms with Gasteiger partial charge < -0.3 is 20.9 Å². The van der Waals surface area contributed by atoms with Gasteiger partial charge in [0.05, 0.1) is 17.8 Å². The lowest BCUT2D eigenvalue weighted by Gasteiger charge is -2.09. The lowest BCUT2D eigenvalue weighted by Crippen LogP contribution is -2.40. The minimum Gasteiger partial charge on any atom is -0.350 e. The van der Waals surface area contributed by atoms with Crippen LogP contribution in [0, 0.1) is 11.6 Å². The average Bonchev–Trinajstić information content (AvgIpc) is 3.11. The molecule has 3 amide bonds. The number of amides is 3. The lowest BCUT2D eigenvalue weighted by atomic mass is 10.2. The zero-order chi connectivity index (χ0) is 19.2. The Kier molecular flexibility index (Phi) is 5.60. The third kappa shape index (κ3) is 4.78. The van der Waals surface area contributed by atoms with E-state index in [1.807, 2.05) is 18.2 Å². The molecule has 3 aromatic rings. The van der Waals surface area contributed by atoms with Crippen molar-refractivity contribution < 1.29 is 18.4 Å². The maximum Gasteiger partial charge on any atom is 0.315 e. The lowest BCUT2D eigenvalue weighted by molar-refractivity contribution is 0.0949. The Morgan fingerprint density at radius 1 is 1.00 bits per heavy atom. The largest absolute Gasteiger partial charge is 0.350 e. The van der Waals surface area contributed by atoms with Crippen LogP contribution in [-0.2, 0) is 6.54 Å². The van der Waals surface area contributed by atoms with Gasteiger partial charge in [-0.3, -0.25) is 4.79 Å². The first kappa shape index (κ1) is 18.3. The number of pyridine rings is 1. The smallest absolute Gasteiger partial charge is 0.315 e. The van der Waals surface area contributed by atoms with Crippen LogP contribution in [0.2, 0.25) is 0 Å². The number of carbonyl (C=O) groups is 2. The van der Waals surface area contributed by atoms with Crippen molar-refractivity contribution in [2.45, 2.75) is 6.54 Å². The van der Waals surface area contributed by atoms with Crippen LogP contribution in [0.15, 0.2) is 42.6 Å². The molecule has 140 valence electrons. The van der Waals surface area contributed by atoms with Crippen LogP contribution in [0.25, 0.3) is 11.0 Å². The molecule has 0 aliphatic heterocycles. The van der Waals surface area contributed by atoms with Crippen molar-refractivity contribution in [3.8, 4) is 0 Å². The van der Waals surface area contributed by atoms with E-state index in [1.54, 1.807) is 6.20 Å². The molecule has 0 aliphatic rings. The van der Waals surface area contributed by atoms with Crippen molar-refractivity contribution in [1.29, 1.82) is 0 Å². The molecule has 0 saturated carbocycles. The van der Waals surface area contributed by atoms with E-state index in [0.29, 0.717) is 11.8 Å². The molecule has 0 saturated heterocycles. The predicted molar refractivity (Wildman–Crippen MR) is 95.0 cm³/mol. The number of hydrogen-bond donors (Lipinski definition) is 4. The van der Waals surface area contributed by atoms with Gasteiger partial charge in [-0.25, -0.2) is 18.6 Å². The van der Waals surface area contributed by atoms with Gasteiger partial charge in [-0.2, -0.15) is 0 Å². The maximum atomic E-state index is 13.5. The SMILES string of the molecule is O=C(NCCNC(=O)c1ccc(F)cc1F)NCc1ccc2cc[nH]c2n1. The minimum atomic E-state index is -0.940. The standard InChI is InChI=1S/C18H17F2N5O2/c19-12-2-4-14(15(20)9-12)17(26)22-7-8-23-18(27)24-10-13-3-1-11-5-6-21-16(11)25-13/h1-6,9H,7-8,10H2,(H,21,25)(H,22,26)(H2,23,24,27). The normalized spacial score (nSPS) is 10.6. The summed E-state index contributed by atoms with van der Waals surface area (Å²) in [6.07, 6.45) is 1.79. The third-order valence-electron chi connectivity index (χ3n) is 3.77. The summed E-state index contributed by atoms with van der Waals surface area (Å²) in [6, 6.07) is 7.89. The van der Waals surface area contributed by atoms with Gasteiger partial charge in [-0.05, 0) is 30.3 Å². The number of carbonyl (C=O) groups excluding carboxylic acids is 2. The number of rotatable bonds is 6. The molecule has 0 aliphatic carbocycles. The maximum absolute atomic E-state index is 13.5. The second-order valence-corrected chi connectivity index (χ2v) is 5.71. The Hall–Kier alpha value is -3.49. The summed E-state index contributed by atoms with van der Waals surface area (Å²) < 4.78 is 26.3. The highest BCUT2D eigenvalue weighted by Crippen LogP contribution is 2.10. The van der Waals surface area contributed by atoms with Crippen molar-refractivity contribution in [2.75, 3.05) is 13.1 Å². The molecule has 0 atom stereocenters. The first-order chi connectivity index (χ1) is 13.0. The number of aromatic nitrogens is 2. The molecular formula is C18H17F2N5O2. The van der Waals surface area contributed by atoms with Crippen LogP contribution in [-0.4, -0.2) is 35.0 Å². The van der Waals surface area contributed by atoms with Crippen LogP contribution in [0.5, 0.6) is 0 Å². The van der Waals surface area contributed by atoms with Gasteiger partial charge in [-0.15, -0.1) is 0 Å². The minimum absolute atomic E-state index is 0.0930. The fourth-order valence-corrected chi connectivity index (χ4v) is 2.42. The monoisotopic (exact) mass is 373 g/mol. The summed E-state index contributed by atoms with van der Waals surface area (Å²) in [5.74, 6) is -2.38. The van der Waals surface area contributed by atoms with E-state index in [1.165, 1.54) is 0 Å². The van der Waals surface area contributed by atoms with Crippen LogP contribution in [0.1, 0.15) is 16.1 Å². The molecule has 0 radical (unpaired) electrons. The number of benzene rings is 1. The molecule has 2 heterocycles. The van der Waals surface area contributed by atoms with Gasteiger partial charge in [0.2, 0.25) is 0 Å². The summed E-state index contributed by atoms with van der Waals surface area (Å²) in [5, 5.41) is 8.64. The quantitative estimate of drug-likeness (QED) is 0.498. The summed E-state index contributed by atoms with van der Waals surface area (Å²) >= 11 is 0. The molecule has 0 bridgehead atoms. The topological polar surface area (TPSA) is 98.9 Å². The summed E-state index contributed by atoms with van der Waals surface area (Å²) in [6.45, 7) is 0.479. The highest BCUT2D eigenvalue weighted by Gasteiger charge is 2.12. The van der Waals surface area contributed by atoms with E-state index in [9.17, 15) is 18.4 Å². The van der Waals surface area contributed by atoms with Gasteiger partial charge in [0.1, 0.15) is 17.3 Å². The molecule has 0 spiro atoms. The number of hydrogen-bond acceptors (Lipinski definition) is 3. The van der Waals surface area contributed by atoms with E-state index in [0.717, 1.165) is 23.2 Å². The zero-order valence-electron chi connectivity index (χ0n) is 14.2. The Morgan fingerprint density at radius 2 is 1.81 bits per heavy atom. The highest BCUT2D eigenvalue weighted by molar-refractivity contribution is 5.94. The Morgan fingerprint density at radius 3 is 2.63 bits per heavy atom. The van der Waals surface area contributed by atoms with Crippen molar-refractivity contribution in [2.24, 2.45) is 0 Å².